The van der Waals surface area contributed by atoms with Crippen LogP contribution >= 0.6 is 0 Å². The molecule has 0 bridgehead atoms. The summed E-state index contributed by atoms with van der Waals surface area (Å²) in [5, 5.41) is 4.79. The zero-order valence-corrected chi connectivity index (χ0v) is 18.2. The molecule has 1 unspecified atom stereocenters. The molecule has 7 nitrogen and oxygen atoms in total. The van der Waals surface area contributed by atoms with E-state index in [2.05, 4.69) is 15.0 Å². The van der Waals surface area contributed by atoms with Crippen LogP contribution in [0.3, 0.4) is 0 Å². The summed E-state index contributed by atoms with van der Waals surface area (Å²) in [6.45, 7) is 1.02. The van der Waals surface area contributed by atoms with E-state index in [1.165, 1.54) is 10.3 Å². The summed E-state index contributed by atoms with van der Waals surface area (Å²) in [5.41, 5.74) is 5.26. The molecule has 0 spiro atoms. The van der Waals surface area contributed by atoms with Gasteiger partial charge in [-0.1, -0.05) is 11.6 Å². The number of nitrogens with zero attached hydrogens (tertiary/aromatic N) is 5. The molecule has 1 saturated heterocycles. The van der Waals surface area contributed by atoms with Gasteiger partial charge in [0.25, 0.3) is 11.5 Å². The van der Waals surface area contributed by atoms with Gasteiger partial charge in [0, 0.05) is 68.5 Å². The number of aromatic nitrogens is 3. The first-order chi connectivity index (χ1) is 15.8. The van der Waals surface area contributed by atoms with Crippen molar-refractivity contribution in [1.82, 2.24) is 19.7 Å². The summed E-state index contributed by atoms with van der Waals surface area (Å²) in [6, 6.07) is 1.93. The van der Waals surface area contributed by atoms with Gasteiger partial charge in [0.1, 0.15) is 5.52 Å². The Hall–Kier alpha value is -3.36. The van der Waals surface area contributed by atoms with Crippen LogP contribution in [0.15, 0.2) is 57.8 Å². The number of hydrogen-bond acceptors (Lipinski definition) is 5. The van der Waals surface area contributed by atoms with Crippen LogP contribution in [0, 0.1) is 5.92 Å². The predicted molar refractivity (Wildman–Crippen MR) is 119 cm³/mol. The van der Waals surface area contributed by atoms with Gasteiger partial charge in [-0.25, -0.2) is 18.4 Å². The normalized spacial score (nSPS) is 23.7. The van der Waals surface area contributed by atoms with Crippen molar-refractivity contribution in [3.63, 3.8) is 0 Å². The largest absolute Gasteiger partial charge is 0.339 e. The van der Waals surface area contributed by atoms with Gasteiger partial charge < -0.3 is 9.80 Å². The van der Waals surface area contributed by atoms with Gasteiger partial charge in [0.15, 0.2) is 0 Å². The number of alkyl halides is 2. The average Bonchev–Trinajstić information content (AvgIpc) is 3.60. The number of carbonyl (C=O) groups excluding carboxylic acids is 1. The van der Waals surface area contributed by atoms with Crippen LogP contribution in [-0.2, 0) is 11.8 Å². The maximum absolute atomic E-state index is 13.5. The number of aryl methyl sites for hydroxylation is 1. The Balaban J connectivity index is 1.31. The second-order valence-corrected chi connectivity index (χ2v) is 9.29. The average molecular weight is 451 g/mol. The third-order valence-corrected chi connectivity index (χ3v) is 7.14. The van der Waals surface area contributed by atoms with Gasteiger partial charge in [0.05, 0.1) is 18.1 Å². The quantitative estimate of drug-likeness (QED) is 0.702. The summed E-state index contributed by atoms with van der Waals surface area (Å²) in [6.07, 6.45) is 8.12. The molecule has 6 rings (SSSR count). The zero-order chi connectivity index (χ0) is 22.9. The second-order valence-electron chi connectivity index (χ2n) is 9.29. The van der Waals surface area contributed by atoms with E-state index in [0.717, 1.165) is 29.9 Å². The number of pyridine rings is 1. The van der Waals surface area contributed by atoms with Gasteiger partial charge in [-0.3, -0.25) is 9.59 Å². The molecular formula is C24H23F2N5O2. The molecule has 1 saturated carbocycles. The fraction of sp³-hybridized carbons (Fsp3) is 0.417. The molecule has 2 aliphatic carbocycles. The van der Waals surface area contributed by atoms with Crippen LogP contribution in [0.2, 0.25) is 0 Å². The molecule has 170 valence electrons. The second kappa shape index (κ2) is 7.07. The maximum atomic E-state index is 13.5. The Morgan fingerprint density at radius 3 is 2.76 bits per heavy atom. The number of fused-ring (bicyclic) bond motifs is 3. The number of likely N-dealkylation sites (tertiary alicyclic amines) is 1. The Labute approximate surface area is 188 Å². The van der Waals surface area contributed by atoms with E-state index < -0.39 is 5.92 Å². The predicted octanol–water partition coefficient (Wildman–Crippen LogP) is 2.94. The Kier molecular flexibility index (Phi) is 4.34. The van der Waals surface area contributed by atoms with Crippen molar-refractivity contribution in [3.8, 4) is 0 Å². The molecule has 1 amide bonds. The third kappa shape index (κ3) is 3.37. The lowest BCUT2D eigenvalue weighted by molar-refractivity contribution is -0.133. The van der Waals surface area contributed by atoms with E-state index in [0.29, 0.717) is 28.8 Å². The summed E-state index contributed by atoms with van der Waals surface area (Å²) in [4.78, 5) is 33.5. The van der Waals surface area contributed by atoms with Crippen LogP contribution in [0.5, 0.6) is 0 Å². The van der Waals surface area contributed by atoms with Crippen molar-refractivity contribution in [2.75, 3.05) is 24.5 Å². The summed E-state index contributed by atoms with van der Waals surface area (Å²) in [5.74, 6) is -2.37. The highest BCUT2D eigenvalue weighted by molar-refractivity contribution is 5.95. The maximum Gasteiger partial charge on any atom is 0.292 e. The van der Waals surface area contributed by atoms with Gasteiger partial charge >= 0.3 is 0 Å². The molecular weight excluding hydrogens is 428 g/mol. The lowest BCUT2D eigenvalue weighted by Gasteiger charge is -2.36. The molecule has 9 heteroatoms. The first-order valence-electron chi connectivity index (χ1n) is 11.2. The van der Waals surface area contributed by atoms with Crippen molar-refractivity contribution >= 4 is 22.5 Å². The molecule has 2 fully saturated rings. The molecule has 2 aliphatic heterocycles. The van der Waals surface area contributed by atoms with E-state index in [-0.39, 0.29) is 37.4 Å². The first kappa shape index (κ1) is 20.3. The Morgan fingerprint density at radius 1 is 1.18 bits per heavy atom. The van der Waals surface area contributed by atoms with Crippen LogP contribution in [0.25, 0.3) is 10.9 Å². The fourth-order valence-corrected chi connectivity index (χ4v) is 5.10. The summed E-state index contributed by atoms with van der Waals surface area (Å²) in [7, 11) is 1.60. The minimum absolute atomic E-state index is 0.0939. The van der Waals surface area contributed by atoms with Gasteiger partial charge in [-0.15, -0.1) is 0 Å². The number of piperidine rings is 1. The lowest BCUT2D eigenvalue weighted by Crippen LogP contribution is -2.43. The highest BCUT2D eigenvalue weighted by Gasteiger charge is 2.43. The number of rotatable bonds is 2. The number of hydrogen-bond donors (Lipinski definition) is 0. The van der Waals surface area contributed by atoms with Crippen LogP contribution in [0.1, 0.15) is 25.7 Å². The van der Waals surface area contributed by atoms with E-state index >= 15 is 0 Å². The fourth-order valence-electron chi connectivity index (χ4n) is 5.10. The van der Waals surface area contributed by atoms with Crippen LogP contribution < -0.4 is 10.5 Å². The number of amides is 1. The smallest absolute Gasteiger partial charge is 0.292 e. The number of allylic oxidation sites excluding steroid dienone is 3. The molecule has 4 aliphatic rings. The molecule has 1 atom stereocenters. The highest BCUT2D eigenvalue weighted by Crippen LogP contribution is 2.51. The molecule has 2 aromatic heterocycles. The highest BCUT2D eigenvalue weighted by atomic mass is 19.3. The minimum atomic E-state index is -2.67. The van der Waals surface area contributed by atoms with E-state index in [9.17, 15) is 18.4 Å². The molecule has 0 radical (unpaired) electrons. The number of halogens is 2. The Bertz CT molecular complexity index is 1350. The third-order valence-electron chi connectivity index (χ3n) is 7.14. The number of carbonyl (C=O) groups is 1. The molecule has 4 heterocycles. The minimum Gasteiger partial charge on any atom is -0.339 e. The van der Waals surface area contributed by atoms with Crippen LogP contribution in [-0.4, -0.2) is 51.1 Å². The Morgan fingerprint density at radius 2 is 1.97 bits per heavy atom. The zero-order valence-electron chi connectivity index (χ0n) is 18.2. The standard InChI is InChI=1S/C24H23F2N5O2/c1-29-23(33)21-15(11-28-29)8-17(12-27-21)31-13-16-10-18(16)19-9-14(2-3-20(19)31)22(32)30-6-4-24(25,26)5-7-30/h2-3,8,11-12,16H,4-7,9-10,13H2,1H3. The van der Waals surface area contributed by atoms with Crippen molar-refractivity contribution in [3.05, 3.63) is 63.4 Å². The van der Waals surface area contributed by atoms with E-state index in [1.54, 1.807) is 24.3 Å². The van der Waals surface area contributed by atoms with E-state index in [1.807, 2.05) is 18.2 Å². The van der Waals surface area contributed by atoms with E-state index in [4.69, 9.17) is 0 Å². The molecule has 0 N–H and O–H groups in total. The molecule has 2 aromatic rings. The van der Waals surface area contributed by atoms with Crippen molar-refractivity contribution in [2.24, 2.45) is 13.0 Å². The topological polar surface area (TPSA) is 71.3 Å². The van der Waals surface area contributed by atoms with Gasteiger partial charge in [-0.05, 0) is 24.1 Å². The molecule has 0 aromatic carbocycles. The molecule has 33 heavy (non-hydrogen) atoms. The van der Waals surface area contributed by atoms with Gasteiger partial charge in [-0.2, -0.15) is 5.10 Å². The lowest BCUT2D eigenvalue weighted by atomic mass is 9.91. The summed E-state index contributed by atoms with van der Waals surface area (Å²) >= 11 is 0. The van der Waals surface area contributed by atoms with Gasteiger partial charge in [0.2, 0.25) is 5.91 Å². The monoisotopic (exact) mass is 451 g/mol. The van der Waals surface area contributed by atoms with Crippen molar-refractivity contribution < 1.29 is 13.6 Å². The van der Waals surface area contributed by atoms with Crippen molar-refractivity contribution in [1.29, 1.82) is 0 Å². The van der Waals surface area contributed by atoms with Crippen LogP contribution in [0.4, 0.5) is 14.5 Å². The first-order valence-corrected chi connectivity index (χ1v) is 11.2. The SMILES string of the molecule is Cn1ncc2cc(N3CC4CC4=C4CC(C(=O)N5CCC(F)(F)CC5)=CC=C43)cnc2c1=O. The number of anilines is 1. The summed E-state index contributed by atoms with van der Waals surface area (Å²) < 4.78 is 28.3. The van der Waals surface area contributed by atoms with Crippen molar-refractivity contribution in [2.45, 2.75) is 31.6 Å².